The van der Waals surface area contributed by atoms with Crippen molar-refractivity contribution in [3.05, 3.63) is 96.0 Å². The van der Waals surface area contributed by atoms with Crippen molar-refractivity contribution in [2.75, 3.05) is 4.90 Å². The zero-order valence-corrected chi connectivity index (χ0v) is 14.2. The standard InChI is InChI=1S/C21H15N3O3/c25-19(14-7-2-1-3-8-14)17-18(15-9-6-11-22-13-15)24(21(27)20(17)26)16-10-4-5-12-23-16/h1-13,18,25H/b19-17+/t18-/m1/s1. The van der Waals surface area contributed by atoms with Crippen LogP contribution in [0.3, 0.4) is 0 Å². The fourth-order valence-electron chi connectivity index (χ4n) is 3.17. The summed E-state index contributed by atoms with van der Waals surface area (Å²) < 4.78 is 0. The quantitative estimate of drug-likeness (QED) is 0.442. The van der Waals surface area contributed by atoms with Crippen LogP contribution in [0.15, 0.2) is 84.8 Å². The average Bonchev–Trinajstić information content (AvgIpc) is 3.00. The molecular formula is C21H15N3O3. The van der Waals surface area contributed by atoms with E-state index >= 15 is 0 Å². The molecule has 132 valence electrons. The number of amides is 1. The Morgan fingerprint density at radius 2 is 1.70 bits per heavy atom. The second-order valence-electron chi connectivity index (χ2n) is 6.01. The highest BCUT2D eigenvalue weighted by molar-refractivity contribution is 6.51. The fourth-order valence-corrected chi connectivity index (χ4v) is 3.17. The van der Waals surface area contributed by atoms with Crippen LogP contribution in [0.25, 0.3) is 5.76 Å². The van der Waals surface area contributed by atoms with Gasteiger partial charge in [-0.15, -0.1) is 0 Å². The van der Waals surface area contributed by atoms with Crippen molar-refractivity contribution < 1.29 is 14.7 Å². The predicted molar refractivity (Wildman–Crippen MR) is 99.7 cm³/mol. The molecule has 27 heavy (non-hydrogen) atoms. The Morgan fingerprint density at radius 1 is 0.926 bits per heavy atom. The van der Waals surface area contributed by atoms with Crippen LogP contribution >= 0.6 is 0 Å². The number of ketones is 1. The van der Waals surface area contributed by atoms with E-state index in [0.29, 0.717) is 16.9 Å². The maximum atomic E-state index is 12.8. The number of carbonyl (C=O) groups is 2. The van der Waals surface area contributed by atoms with E-state index in [1.165, 1.54) is 4.90 Å². The third-order valence-electron chi connectivity index (χ3n) is 4.39. The molecule has 4 rings (SSSR count). The van der Waals surface area contributed by atoms with Gasteiger partial charge in [0.1, 0.15) is 11.6 Å². The van der Waals surface area contributed by atoms with Gasteiger partial charge in [0, 0.05) is 24.2 Å². The number of rotatable bonds is 3. The number of aromatic nitrogens is 2. The molecule has 0 bridgehead atoms. The molecule has 0 aliphatic carbocycles. The molecule has 3 heterocycles. The Bertz CT molecular complexity index is 1020. The lowest BCUT2D eigenvalue weighted by molar-refractivity contribution is -0.132. The highest BCUT2D eigenvalue weighted by atomic mass is 16.3. The molecule has 0 radical (unpaired) electrons. The summed E-state index contributed by atoms with van der Waals surface area (Å²) in [6, 6.07) is 16.5. The van der Waals surface area contributed by atoms with Crippen LogP contribution in [0, 0.1) is 0 Å². The van der Waals surface area contributed by atoms with E-state index < -0.39 is 17.7 Å². The smallest absolute Gasteiger partial charge is 0.301 e. The zero-order valence-electron chi connectivity index (χ0n) is 14.2. The maximum absolute atomic E-state index is 12.8. The van der Waals surface area contributed by atoms with Gasteiger partial charge in [-0.2, -0.15) is 0 Å². The number of anilines is 1. The highest BCUT2D eigenvalue weighted by Crippen LogP contribution is 2.41. The van der Waals surface area contributed by atoms with Crippen LogP contribution in [0.2, 0.25) is 0 Å². The Kier molecular flexibility index (Phi) is 4.22. The van der Waals surface area contributed by atoms with E-state index in [9.17, 15) is 14.7 Å². The number of nitrogens with zero attached hydrogens (tertiary/aromatic N) is 3. The van der Waals surface area contributed by atoms with Crippen molar-refractivity contribution in [1.82, 2.24) is 9.97 Å². The summed E-state index contributed by atoms with van der Waals surface area (Å²) in [4.78, 5) is 35.3. The van der Waals surface area contributed by atoms with Crippen molar-refractivity contribution >= 4 is 23.3 Å². The Labute approximate surface area is 155 Å². The van der Waals surface area contributed by atoms with Gasteiger partial charge in [-0.3, -0.25) is 19.5 Å². The van der Waals surface area contributed by atoms with Crippen LogP contribution in [0.1, 0.15) is 17.2 Å². The molecule has 1 aromatic carbocycles. The van der Waals surface area contributed by atoms with E-state index in [-0.39, 0.29) is 11.3 Å². The molecule has 0 spiro atoms. The molecule has 1 amide bonds. The van der Waals surface area contributed by atoms with Gasteiger partial charge in [-0.1, -0.05) is 42.5 Å². The van der Waals surface area contributed by atoms with Gasteiger partial charge < -0.3 is 5.11 Å². The Balaban J connectivity index is 1.95. The number of hydrogen-bond donors (Lipinski definition) is 1. The van der Waals surface area contributed by atoms with E-state index in [1.807, 2.05) is 6.07 Å². The number of carbonyl (C=O) groups excluding carboxylic acids is 2. The number of aliphatic hydroxyl groups is 1. The van der Waals surface area contributed by atoms with Gasteiger partial charge >= 0.3 is 5.91 Å². The van der Waals surface area contributed by atoms with Crippen molar-refractivity contribution in [2.24, 2.45) is 0 Å². The largest absolute Gasteiger partial charge is 0.507 e. The van der Waals surface area contributed by atoms with Crippen LogP contribution < -0.4 is 4.90 Å². The van der Waals surface area contributed by atoms with E-state index in [2.05, 4.69) is 9.97 Å². The van der Waals surface area contributed by atoms with Crippen molar-refractivity contribution in [1.29, 1.82) is 0 Å². The second kappa shape index (κ2) is 6.84. The first-order chi connectivity index (χ1) is 13.2. The minimum absolute atomic E-state index is 0.0184. The molecule has 6 nitrogen and oxygen atoms in total. The molecule has 1 aliphatic heterocycles. The van der Waals surface area contributed by atoms with E-state index in [4.69, 9.17) is 0 Å². The van der Waals surface area contributed by atoms with Gasteiger partial charge in [-0.05, 0) is 23.8 Å². The lowest BCUT2D eigenvalue weighted by Gasteiger charge is -2.24. The Morgan fingerprint density at radius 3 is 2.37 bits per heavy atom. The third kappa shape index (κ3) is 2.87. The lowest BCUT2D eigenvalue weighted by atomic mass is 9.96. The van der Waals surface area contributed by atoms with Crippen LogP contribution in [0.5, 0.6) is 0 Å². The minimum atomic E-state index is -0.811. The Hall–Kier alpha value is -3.80. The first kappa shape index (κ1) is 16.7. The summed E-state index contributed by atoms with van der Waals surface area (Å²) in [7, 11) is 0. The predicted octanol–water partition coefficient (Wildman–Crippen LogP) is 3.10. The molecule has 0 saturated carbocycles. The van der Waals surface area contributed by atoms with E-state index in [1.54, 1.807) is 73.2 Å². The van der Waals surface area contributed by atoms with Crippen molar-refractivity contribution in [3.63, 3.8) is 0 Å². The fraction of sp³-hybridized carbons (Fsp3) is 0.0476. The molecule has 1 saturated heterocycles. The lowest BCUT2D eigenvalue weighted by Crippen LogP contribution is -2.30. The maximum Gasteiger partial charge on any atom is 0.301 e. The van der Waals surface area contributed by atoms with Gasteiger partial charge in [0.05, 0.1) is 11.6 Å². The second-order valence-corrected chi connectivity index (χ2v) is 6.01. The SMILES string of the molecule is O=C1C(=O)N(c2ccccn2)[C@H](c2cccnc2)/C1=C(\O)c1ccccc1. The molecule has 1 atom stereocenters. The highest BCUT2D eigenvalue weighted by Gasteiger charge is 2.47. The molecule has 1 N–H and O–H groups in total. The number of benzene rings is 1. The molecule has 0 unspecified atom stereocenters. The van der Waals surface area contributed by atoms with Crippen LogP contribution in [-0.4, -0.2) is 26.8 Å². The van der Waals surface area contributed by atoms with Crippen LogP contribution in [0.4, 0.5) is 5.82 Å². The first-order valence-corrected chi connectivity index (χ1v) is 8.36. The summed E-state index contributed by atoms with van der Waals surface area (Å²) >= 11 is 0. The monoisotopic (exact) mass is 357 g/mol. The molecule has 1 fully saturated rings. The summed E-state index contributed by atoms with van der Waals surface area (Å²) in [5.74, 6) is -1.38. The number of aliphatic hydroxyl groups excluding tert-OH is 1. The molecule has 2 aromatic heterocycles. The minimum Gasteiger partial charge on any atom is -0.507 e. The third-order valence-corrected chi connectivity index (χ3v) is 4.39. The summed E-state index contributed by atoms with van der Waals surface area (Å²) in [5, 5.41) is 10.8. The number of pyridine rings is 2. The molecule has 1 aliphatic rings. The topological polar surface area (TPSA) is 83.4 Å². The number of Topliss-reactive ketones (excluding diaryl/α,β-unsaturated/α-hetero) is 1. The van der Waals surface area contributed by atoms with Crippen molar-refractivity contribution in [2.45, 2.75) is 6.04 Å². The van der Waals surface area contributed by atoms with E-state index in [0.717, 1.165) is 0 Å². The number of hydrogen-bond acceptors (Lipinski definition) is 5. The summed E-state index contributed by atoms with van der Waals surface area (Å²) in [5.41, 5.74) is 1.09. The zero-order chi connectivity index (χ0) is 18.8. The van der Waals surface area contributed by atoms with Gasteiger partial charge in [0.25, 0.3) is 5.78 Å². The molecule has 3 aromatic rings. The molecular weight excluding hydrogens is 342 g/mol. The summed E-state index contributed by atoms with van der Waals surface area (Å²) in [6.07, 6.45) is 4.73. The average molecular weight is 357 g/mol. The molecule has 6 heteroatoms. The van der Waals surface area contributed by atoms with Gasteiger partial charge in [0.15, 0.2) is 0 Å². The first-order valence-electron chi connectivity index (χ1n) is 8.36. The van der Waals surface area contributed by atoms with Crippen molar-refractivity contribution in [3.8, 4) is 0 Å². The normalized spacial score (nSPS) is 18.7. The van der Waals surface area contributed by atoms with Crippen LogP contribution in [-0.2, 0) is 9.59 Å². The van der Waals surface area contributed by atoms with Gasteiger partial charge in [0.2, 0.25) is 0 Å². The summed E-state index contributed by atoms with van der Waals surface area (Å²) in [6.45, 7) is 0. The van der Waals surface area contributed by atoms with Gasteiger partial charge in [-0.25, -0.2) is 4.98 Å².